The van der Waals surface area contributed by atoms with E-state index in [1.165, 1.54) is 12.7 Å². The maximum absolute atomic E-state index is 9.10. The topological polar surface area (TPSA) is 134 Å². The highest BCUT2D eigenvalue weighted by molar-refractivity contribution is 5.88. The van der Waals surface area contributed by atoms with E-state index in [9.17, 15) is 0 Å². The molecule has 29 heavy (non-hydrogen) atoms. The number of nitrogens with zero attached hydrogens (tertiary/aromatic N) is 6. The number of aliphatic hydroxyl groups is 1. The van der Waals surface area contributed by atoms with Crippen LogP contribution < -0.4 is 16.0 Å². The normalized spacial score (nSPS) is 10.7. The summed E-state index contributed by atoms with van der Waals surface area (Å²) in [4.78, 5) is 25.4. The van der Waals surface area contributed by atoms with Crippen LogP contribution in [0.1, 0.15) is 5.56 Å². The Hall–Kier alpha value is -3.92. The van der Waals surface area contributed by atoms with Gasteiger partial charge in [0.2, 0.25) is 11.9 Å². The second kappa shape index (κ2) is 8.85. The number of anilines is 4. The van der Waals surface area contributed by atoms with Gasteiger partial charge in [0.15, 0.2) is 5.82 Å². The zero-order valence-electron chi connectivity index (χ0n) is 15.4. The first-order valence-corrected chi connectivity index (χ1v) is 9.01. The molecule has 0 aliphatic rings. The third kappa shape index (κ3) is 4.68. The molecule has 0 spiro atoms. The molecule has 10 heteroatoms. The first-order chi connectivity index (χ1) is 14.3. The Kier molecular flexibility index (Phi) is 5.63. The highest BCUT2D eigenvalue weighted by Gasteiger charge is 2.11. The molecular formula is C19H19N9O. The maximum Gasteiger partial charge on any atom is 0.230 e. The summed E-state index contributed by atoms with van der Waals surface area (Å²) in [5.74, 6) is 1.42. The van der Waals surface area contributed by atoms with Gasteiger partial charge in [0.05, 0.1) is 24.0 Å². The van der Waals surface area contributed by atoms with Crippen molar-refractivity contribution in [3.05, 3.63) is 60.8 Å². The standard InChI is InChI=1S/C19H19N9O/c29-7-6-21-19-27-15-8-14(26-18-24-11-20-12-25-18)10-22-16(15)17(28-19)23-9-13-4-2-1-3-5-13/h1-5,8,10-12,29H,6-7,9H2,(H,20,24,25,26)(H2,21,23,27,28). The van der Waals surface area contributed by atoms with Crippen molar-refractivity contribution in [2.24, 2.45) is 0 Å². The summed E-state index contributed by atoms with van der Waals surface area (Å²) in [6.45, 7) is 0.923. The van der Waals surface area contributed by atoms with Crippen LogP contribution in [-0.4, -0.2) is 48.2 Å². The van der Waals surface area contributed by atoms with Gasteiger partial charge in [-0.05, 0) is 11.6 Å². The van der Waals surface area contributed by atoms with Crippen LogP contribution in [0.2, 0.25) is 0 Å². The molecule has 4 rings (SSSR count). The molecule has 0 fully saturated rings. The van der Waals surface area contributed by atoms with Gasteiger partial charge in [0.25, 0.3) is 0 Å². The lowest BCUT2D eigenvalue weighted by Crippen LogP contribution is -2.11. The predicted octanol–water partition coefficient (Wildman–Crippen LogP) is 1.97. The maximum atomic E-state index is 9.10. The molecule has 4 N–H and O–H groups in total. The average molecular weight is 389 g/mol. The fourth-order valence-electron chi connectivity index (χ4n) is 2.67. The highest BCUT2D eigenvalue weighted by atomic mass is 16.3. The van der Waals surface area contributed by atoms with E-state index >= 15 is 0 Å². The lowest BCUT2D eigenvalue weighted by atomic mass is 10.2. The van der Waals surface area contributed by atoms with Crippen molar-refractivity contribution in [3.63, 3.8) is 0 Å². The lowest BCUT2D eigenvalue weighted by Gasteiger charge is -2.12. The fourth-order valence-corrected chi connectivity index (χ4v) is 2.67. The number of pyridine rings is 1. The molecule has 0 radical (unpaired) electrons. The van der Waals surface area contributed by atoms with Crippen molar-refractivity contribution in [1.29, 1.82) is 0 Å². The van der Waals surface area contributed by atoms with Crippen molar-refractivity contribution in [2.45, 2.75) is 6.54 Å². The van der Waals surface area contributed by atoms with Gasteiger partial charge in [-0.1, -0.05) is 30.3 Å². The Morgan fingerprint density at radius 1 is 0.897 bits per heavy atom. The van der Waals surface area contributed by atoms with E-state index in [-0.39, 0.29) is 6.61 Å². The molecular weight excluding hydrogens is 370 g/mol. The highest BCUT2D eigenvalue weighted by Crippen LogP contribution is 2.24. The summed E-state index contributed by atoms with van der Waals surface area (Å²) in [6, 6.07) is 11.9. The van der Waals surface area contributed by atoms with Crippen molar-refractivity contribution in [2.75, 3.05) is 29.1 Å². The van der Waals surface area contributed by atoms with Gasteiger partial charge >= 0.3 is 0 Å². The molecule has 0 saturated heterocycles. The van der Waals surface area contributed by atoms with Gasteiger partial charge in [-0.25, -0.2) is 24.9 Å². The number of fused-ring (bicyclic) bond motifs is 1. The zero-order chi connectivity index (χ0) is 19.9. The molecule has 10 nitrogen and oxygen atoms in total. The molecule has 3 aromatic heterocycles. The molecule has 0 saturated carbocycles. The summed E-state index contributed by atoms with van der Waals surface area (Å²) >= 11 is 0. The second-order valence-electron chi connectivity index (χ2n) is 6.06. The van der Waals surface area contributed by atoms with Crippen LogP contribution in [0, 0.1) is 0 Å². The Morgan fingerprint density at radius 3 is 2.52 bits per heavy atom. The summed E-state index contributed by atoms with van der Waals surface area (Å²) in [5.41, 5.74) is 3.08. The number of hydrogen-bond acceptors (Lipinski definition) is 10. The van der Waals surface area contributed by atoms with Gasteiger partial charge in [-0.15, -0.1) is 0 Å². The molecule has 0 atom stereocenters. The smallest absolute Gasteiger partial charge is 0.230 e. The molecule has 0 unspecified atom stereocenters. The van der Waals surface area contributed by atoms with E-state index < -0.39 is 0 Å². The summed E-state index contributed by atoms with van der Waals surface area (Å²) in [7, 11) is 0. The van der Waals surface area contributed by atoms with Crippen LogP contribution in [-0.2, 0) is 6.54 Å². The number of nitrogens with one attached hydrogen (secondary N) is 3. The molecule has 0 aliphatic carbocycles. The van der Waals surface area contributed by atoms with E-state index in [2.05, 4.69) is 45.9 Å². The number of benzene rings is 1. The van der Waals surface area contributed by atoms with E-state index in [0.717, 1.165) is 5.56 Å². The average Bonchev–Trinajstić information content (AvgIpc) is 2.77. The molecule has 1 aromatic carbocycles. The van der Waals surface area contributed by atoms with Crippen LogP contribution in [0.25, 0.3) is 11.0 Å². The molecule has 146 valence electrons. The monoisotopic (exact) mass is 389 g/mol. The lowest BCUT2D eigenvalue weighted by molar-refractivity contribution is 0.311. The van der Waals surface area contributed by atoms with Crippen LogP contribution >= 0.6 is 0 Å². The van der Waals surface area contributed by atoms with Crippen molar-refractivity contribution < 1.29 is 5.11 Å². The number of aliphatic hydroxyl groups excluding tert-OH is 1. The molecule has 3 heterocycles. The third-order valence-corrected chi connectivity index (χ3v) is 3.98. The molecule has 0 bridgehead atoms. The summed E-state index contributed by atoms with van der Waals surface area (Å²) < 4.78 is 0. The van der Waals surface area contributed by atoms with Crippen LogP contribution in [0.15, 0.2) is 55.2 Å². The van der Waals surface area contributed by atoms with Crippen LogP contribution in [0.4, 0.5) is 23.4 Å². The summed E-state index contributed by atoms with van der Waals surface area (Å²) in [6.07, 6.45) is 4.49. The van der Waals surface area contributed by atoms with Crippen molar-refractivity contribution >= 4 is 34.4 Å². The van der Waals surface area contributed by atoms with Crippen LogP contribution in [0.5, 0.6) is 0 Å². The number of rotatable bonds is 8. The van der Waals surface area contributed by atoms with E-state index in [0.29, 0.717) is 47.5 Å². The van der Waals surface area contributed by atoms with E-state index in [1.807, 2.05) is 36.4 Å². The quantitative estimate of drug-likeness (QED) is 0.354. The minimum Gasteiger partial charge on any atom is -0.395 e. The largest absolute Gasteiger partial charge is 0.395 e. The minimum atomic E-state index is -0.0204. The first-order valence-electron chi connectivity index (χ1n) is 9.01. The zero-order valence-corrected chi connectivity index (χ0v) is 15.4. The van der Waals surface area contributed by atoms with E-state index in [1.54, 1.807) is 6.20 Å². The Labute approximate surface area is 166 Å². The van der Waals surface area contributed by atoms with Crippen molar-refractivity contribution in [1.82, 2.24) is 29.9 Å². The fraction of sp³-hybridized carbons (Fsp3) is 0.158. The summed E-state index contributed by atoms with van der Waals surface area (Å²) in [5, 5.41) is 18.5. The Morgan fingerprint density at radius 2 is 1.72 bits per heavy atom. The molecule has 4 aromatic rings. The predicted molar refractivity (Wildman–Crippen MR) is 110 cm³/mol. The SMILES string of the molecule is OCCNc1nc(NCc2ccccc2)c2ncc(Nc3ncncn3)cc2n1. The van der Waals surface area contributed by atoms with Gasteiger partial charge in [0.1, 0.15) is 18.2 Å². The third-order valence-electron chi connectivity index (χ3n) is 3.98. The second-order valence-corrected chi connectivity index (χ2v) is 6.06. The number of aromatic nitrogens is 6. The number of hydrogen-bond donors (Lipinski definition) is 4. The van der Waals surface area contributed by atoms with Gasteiger partial charge in [-0.2, -0.15) is 4.98 Å². The van der Waals surface area contributed by atoms with Gasteiger partial charge in [-0.3, -0.25) is 0 Å². The van der Waals surface area contributed by atoms with E-state index in [4.69, 9.17) is 5.11 Å². The first kappa shape index (κ1) is 18.4. The van der Waals surface area contributed by atoms with Gasteiger partial charge < -0.3 is 21.1 Å². The van der Waals surface area contributed by atoms with Crippen molar-refractivity contribution in [3.8, 4) is 0 Å². The van der Waals surface area contributed by atoms with Gasteiger partial charge in [0, 0.05) is 13.1 Å². The minimum absolute atomic E-state index is 0.0204. The molecule has 0 amide bonds. The van der Waals surface area contributed by atoms with Crippen LogP contribution in [0.3, 0.4) is 0 Å². The molecule has 0 aliphatic heterocycles. The Bertz CT molecular complexity index is 1080. The Balaban J connectivity index is 1.65.